The second-order valence-electron chi connectivity index (χ2n) is 8.03. The van der Waals surface area contributed by atoms with E-state index in [4.69, 9.17) is 0 Å². The van der Waals surface area contributed by atoms with Crippen molar-refractivity contribution < 1.29 is 0 Å². The topological polar surface area (TPSA) is 50.7 Å². The third kappa shape index (κ3) is 3.77. The Kier molecular flexibility index (Phi) is 5.13. The van der Waals surface area contributed by atoms with Crippen molar-refractivity contribution in [3.63, 3.8) is 0 Å². The Labute approximate surface area is 181 Å². The van der Waals surface area contributed by atoms with Gasteiger partial charge in [-0.15, -0.1) is 0 Å². The molecule has 0 fully saturated rings. The van der Waals surface area contributed by atoms with Crippen LogP contribution in [0.15, 0.2) is 84.0 Å². The molecule has 5 aromatic rings. The Balaban J connectivity index is 1.44. The van der Waals surface area contributed by atoms with Crippen LogP contribution in [0.3, 0.4) is 0 Å². The number of aromatic nitrogens is 3. The van der Waals surface area contributed by atoms with Crippen LogP contribution in [0.25, 0.3) is 32.9 Å². The molecule has 0 radical (unpaired) electrons. The molecule has 0 saturated carbocycles. The number of benzene rings is 3. The zero-order chi connectivity index (χ0) is 21.2. The van der Waals surface area contributed by atoms with Gasteiger partial charge < -0.3 is 4.98 Å². The van der Waals surface area contributed by atoms with E-state index in [0.717, 1.165) is 41.4 Å². The monoisotopic (exact) mass is 407 g/mol. The van der Waals surface area contributed by atoms with Gasteiger partial charge in [-0.25, -0.2) is 4.98 Å². The fourth-order valence-corrected chi connectivity index (χ4v) is 4.23. The molecule has 5 rings (SSSR count). The maximum Gasteiger partial charge on any atom is 0.261 e. The Morgan fingerprint density at radius 2 is 1.71 bits per heavy atom. The maximum atomic E-state index is 13.2. The SMILES string of the molecule is CCCc1ccc(-c2ccc3ncn(CCc4c[nH]c5ccccc45)c(=O)c3c2)cc1. The van der Waals surface area contributed by atoms with Crippen molar-refractivity contribution in [1.29, 1.82) is 0 Å². The molecule has 2 heterocycles. The zero-order valence-electron chi connectivity index (χ0n) is 17.6. The summed E-state index contributed by atoms with van der Waals surface area (Å²) >= 11 is 0. The van der Waals surface area contributed by atoms with Crippen LogP contribution >= 0.6 is 0 Å². The van der Waals surface area contributed by atoms with Crippen molar-refractivity contribution in [3.05, 3.63) is 101 Å². The first-order chi connectivity index (χ1) is 15.2. The van der Waals surface area contributed by atoms with E-state index in [1.54, 1.807) is 10.9 Å². The van der Waals surface area contributed by atoms with Gasteiger partial charge in [0.2, 0.25) is 0 Å². The van der Waals surface area contributed by atoms with Gasteiger partial charge in [0.1, 0.15) is 0 Å². The Morgan fingerprint density at radius 3 is 2.55 bits per heavy atom. The van der Waals surface area contributed by atoms with Crippen LogP contribution in [-0.2, 0) is 19.4 Å². The number of H-pyrrole nitrogens is 1. The van der Waals surface area contributed by atoms with Gasteiger partial charge in [0, 0.05) is 23.6 Å². The van der Waals surface area contributed by atoms with Crippen molar-refractivity contribution in [2.75, 3.05) is 0 Å². The molecule has 31 heavy (non-hydrogen) atoms. The quantitative estimate of drug-likeness (QED) is 0.390. The van der Waals surface area contributed by atoms with Gasteiger partial charge in [0.05, 0.1) is 17.2 Å². The largest absolute Gasteiger partial charge is 0.361 e. The van der Waals surface area contributed by atoms with E-state index in [9.17, 15) is 4.79 Å². The summed E-state index contributed by atoms with van der Waals surface area (Å²) in [5.74, 6) is 0. The minimum Gasteiger partial charge on any atom is -0.361 e. The summed E-state index contributed by atoms with van der Waals surface area (Å²) in [6.07, 6.45) is 6.70. The van der Waals surface area contributed by atoms with Gasteiger partial charge in [0.25, 0.3) is 5.56 Å². The summed E-state index contributed by atoms with van der Waals surface area (Å²) in [7, 11) is 0. The molecule has 0 bridgehead atoms. The van der Waals surface area contributed by atoms with Crippen LogP contribution < -0.4 is 5.56 Å². The lowest BCUT2D eigenvalue weighted by molar-refractivity contribution is 0.664. The van der Waals surface area contributed by atoms with E-state index in [1.807, 2.05) is 36.5 Å². The molecule has 0 aliphatic carbocycles. The summed E-state index contributed by atoms with van der Waals surface area (Å²) in [6, 6.07) is 22.8. The van der Waals surface area contributed by atoms with E-state index in [1.165, 1.54) is 16.5 Å². The normalized spacial score (nSPS) is 11.4. The summed E-state index contributed by atoms with van der Waals surface area (Å²) in [5, 5.41) is 1.87. The lowest BCUT2D eigenvalue weighted by atomic mass is 10.0. The predicted molar refractivity (Wildman–Crippen MR) is 127 cm³/mol. The number of rotatable bonds is 6. The van der Waals surface area contributed by atoms with E-state index < -0.39 is 0 Å². The van der Waals surface area contributed by atoms with Crippen molar-refractivity contribution in [2.45, 2.75) is 32.7 Å². The predicted octanol–water partition coefficient (Wildman–Crippen LogP) is 5.74. The van der Waals surface area contributed by atoms with Crippen LogP contribution in [0.2, 0.25) is 0 Å². The smallest absolute Gasteiger partial charge is 0.261 e. The third-order valence-electron chi connectivity index (χ3n) is 5.95. The Hall–Kier alpha value is -3.66. The number of hydrogen-bond donors (Lipinski definition) is 1. The standard InChI is InChI=1S/C27H25N3O/c1-2-5-19-8-10-20(11-9-19)21-12-13-26-24(16-21)27(31)30(18-29-26)15-14-22-17-28-25-7-4-3-6-23(22)25/h3-4,6-13,16-18,28H,2,5,14-15H2,1H3. The molecule has 2 aromatic heterocycles. The molecule has 0 spiro atoms. The fourth-order valence-electron chi connectivity index (χ4n) is 4.23. The average Bonchev–Trinajstić information content (AvgIpc) is 3.22. The van der Waals surface area contributed by atoms with Gasteiger partial charge in [-0.2, -0.15) is 0 Å². The number of nitrogens with one attached hydrogen (secondary N) is 1. The molecule has 1 N–H and O–H groups in total. The second-order valence-corrected chi connectivity index (χ2v) is 8.03. The second kappa shape index (κ2) is 8.23. The first-order valence-electron chi connectivity index (χ1n) is 10.9. The molecule has 0 saturated heterocycles. The van der Waals surface area contributed by atoms with Crippen LogP contribution in [0.1, 0.15) is 24.5 Å². The van der Waals surface area contributed by atoms with Crippen molar-refractivity contribution in [2.24, 2.45) is 0 Å². The number of nitrogens with zero attached hydrogens (tertiary/aromatic N) is 2. The van der Waals surface area contributed by atoms with Gasteiger partial charge >= 0.3 is 0 Å². The molecular formula is C27H25N3O. The van der Waals surface area contributed by atoms with Crippen LogP contribution in [-0.4, -0.2) is 14.5 Å². The van der Waals surface area contributed by atoms with E-state index in [0.29, 0.717) is 11.9 Å². The lowest BCUT2D eigenvalue weighted by Gasteiger charge is -2.08. The van der Waals surface area contributed by atoms with Crippen LogP contribution in [0.5, 0.6) is 0 Å². The van der Waals surface area contributed by atoms with E-state index in [2.05, 4.69) is 53.3 Å². The van der Waals surface area contributed by atoms with E-state index >= 15 is 0 Å². The molecular weight excluding hydrogens is 382 g/mol. The highest BCUT2D eigenvalue weighted by molar-refractivity contribution is 5.84. The Morgan fingerprint density at radius 1 is 0.903 bits per heavy atom. The number of aryl methyl sites for hydroxylation is 3. The van der Waals surface area contributed by atoms with Gasteiger partial charge in [-0.1, -0.05) is 61.9 Å². The molecule has 154 valence electrons. The number of aromatic amines is 1. The van der Waals surface area contributed by atoms with Crippen molar-refractivity contribution in [3.8, 4) is 11.1 Å². The lowest BCUT2D eigenvalue weighted by Crippen LogP contribution is -2.21. The van der Waals surface area contributed by atoms with E-state index in [-0.39, 0.29) is 5.56 Å². The highest BCUT2D eigenvalue weighted by Gasteiger charge is 2.09. The molecule has 4 heteroatoms. The molecule has 0 amide bonds. The third-order valence-corrected chi connectivity index (χ3v) is 5.95. The summed E-state index contributed by atoms with van der Waals surface area (Å²) in [5.41, 5.74) is 6.58. The Bertz CT molecular complexity index is 1410. The average molecular weight is 408 g/mol. The highest BCUT2D eigenvalue weighted by Crippen LogP contribution is 2.23. The molecule has 4 nitrogen and oxygen atoms in total. The fraction of sp³-hybridized carbons (Fsp3) is 0.185. The van der Waals surface area contributed by atoms with Gasteiger partial charge in [0.15, 0.2) is 0 Å². The summed E-state index contributed by atoms with van der Waals surface area (Å²) in [6.45, 7) is 2.79. The number of para-hydroxylation sites is 1. The zero-order valence-corrected chi connectivity index (χ0v) is 17.6. The minimum atomic E-state index is 0.00861. The van der Waals surface area contributed by atoms with Gasteiger partial charge in [-0.05, 0) is 53.3 Å². The number of hydrogen-bond acceptors (Lipinski definition) is 2. The minimum absolute atomic E-state index is 0.00861. The summed E-state index contributed by atoms with van der Waals surface area (Å²) < 4.78 is 1.72. The molecule has 0 atom stereocenters. The number of fused-ring (bicyclic) bond motifs is 2. The maximum absolute atomic E-state index is 13.2. The van der Waals surface area contributed by atoms with Crippen LogP contribution in [0, 0.1) is 0 Å². The van der Waals surface area contributed by atoms with Crippen LogP contribution in [0.4, 0.5) is 0 Å². The first kappa shape index (κ1) is 19.3. The molecule has 0 aliphatic rings. The first-order valence-corrected chi connectivity index (χ1v) is 10.9. The van der Waals surface area contributed by atoms with Gasteiger partial charge in [-0.3, -0.25) is 9.36 Å². The summed E-state index contributed by atoms with van der Waals surface area (Å²) in [4.78, 5) is 21.0. The molecule has 0 aliphatic heterocycles. The molecule has 0 unspecified atom stereocenters. The molecule has 3 aromatic carbocycles. The van der Waals surface area contributed by atoms with Crippen molar-refractivity contribution in [1.82, 2.24) is 14.5 Å². The highest BCUT2D eigenvalue weighted by atomic mass is 16.1. The van der Waals surface area contributed by atoms with Crippen molar-refractivity contribution >= 4 is 21.8 Å².